The molecule has 1 fully saturated rings. The van der Waals surface area contributed by atoms with Crippen molar-refractivity contribution >= 4 is 23.0 Å². The van der Waals surface area contributed by atoms with Crippen LogP contribution in [-0.4, -0.2) is 49.1 Å². The molecule has 0 aliphatic carbocycles. The molecule has 1 heterocycles. The lowest BCUT2D eigenvalue weighted by molar-refractivity contribution is -0.112. The Balaban J connectivity index is 1.57. The molecule has 6 heteroatoms. The molecule has 160 valence electrons. The number of carbonyl (C=O) groups is 1. The molecule has 2 aromatic carbocycles. The number of likely N-dealkylation sites (N-methyl/N-ethyl adjacent to an activating group) is 1. The third-order valence-corrected chi connectivity index (χ3v) is 5.70. The van der Waals surface area contributed by atoms with Crippen LogP contribution in [0.15, 0.2) is 60.2 Å². The van der Waals surface area contributed by atoms with E-state index < -0.39 is 6.23 Å². The first-order valence-electron chi connectivity index (χ1n) is 10.4. The largest absolute Gasteiger partial charge is 0.370 e. The maximum Gasteiger partial charge on any atom is 0.250 e. The summed E-state index contributed by atoms with van der Waals surface area (Å²) < 4.78 is 0. The van der Waals surface area contributed by atoms with Crippen LogP contribution in [0.2, 0.25) is 0 Å². The number of nitrogens with zero attached hydrogens (tertiary/aromatic N) is 2. The molecule has 1 aliphatic heterocycles. The van der Waals surface area contributed by atoms with E-state index >= 15 is 0 Å². The highest BCUT2D eigenvalue weighted by Gasteiger charge is 2.24. The number of allylic oxidation sites excluding steroid dienone is 1. The van der Waals surface area contributed by atoms with Crippen molar-refractivity contribution in [3.05, 3.63) is 65.7 Å². The Kier molecular flexibility index (Phi) is 7.13. The Bertz CT molecular complexity index is 875. The number of aliphatic hydroxyl groups is 1. The van der Waals surface area contributed by atoms with E-state index in [1.54, 1.807) is 37.3 Å². The molecule has 2 atom stereocenters. The van der Waals surface area contributed by atoms with Gasteiger partial charge < -0.3 is 25.5 Å². The van der Waals surface area contributed by atoms with E-state index in [-0.39, 0.29) is 5.91 Å². The fraction of sp³-hybridized carbons (Fsp3) is 0.375. The van der Waals surface area contributed by atoms with Crippen LogP contribution in [-0.2, 0) is 4.79 Å². The molecule has 1 aliphatic rings. The Morgan fingerprint density at radius 3 is 2.33 bits per heavy atom. The number of amides is 1. The number of rotatable bonds is 7. The van der Waals surface area contributed by atoms with Gasteiger partial charge in [-0.25, -0.2) is 0 Å². The van der Waals surface area contributed by atoms with Gasteiger partial charge in [-0.15, -0.1) is 0 Å². The predicted octanol–water partition coefficient (Wildman–Crippen LogP) is 3.83. The van der Waals surface area contributed by atoms with E-state index in [4.69, 9.17) is 0 Å². The third-order valence-electron chi connectivity index (χ3n) is 5.70. The molecule has 3 N–H and O–H groups in total. The Morgan fingerprint density at radius 1 is 1.13 bits per heavy atom. The first-order chi connectivity index (χ1) is 14.4. The summed E-state index contributed by atoms with van der Waals surface area (Å²) in [5.74, 6) is -0.126. The number of benzene rings is 2. The summed E-state index contributed by atoms with van der Waals surface area (Å²) >= 11 is 0. The number of hydrogen-bond donors (Lipinski definition) is 3. The van der Waals surface area contributed by atoms with E-state index in [1.165, 1.54) is 12.1 Å². The quantitative estimate of drug-likeness (QED) is 0.480. The van der Waals surface area contributed by atoms with Crippen LogP contribution < -0.4 is 15.5 Å². The molecule has 2 aromatic rings. The molecular formula is C24H32N4O2. The fourth-order valence-corrected chi connectivity index (χ4v) is 3.52. The van der Waals surface area contributed by atoms with Gasteiger partial charge in [-0.3, -0.25) is 4.79 Å². The normalized spacial score (nSPS) is 17.9. The topological polar surface area (TPSA) is 67.8 Å². The summed E-state index contributed by atoms with van der Waals surface area (Å²) in [5, 5.41) is 16.5. The summed E-state index contributed by atoms with van der Waals surface area (Å²) in [6.45, 7) is 5.71. The van der Waals surface area contributed by atoms with Crippen molar-refractivity contribution in [1.82, 2.24) is 4.90 Å². The Morgan fingerprint density at radius 2 is 1.77 bits per heavy atom. The van der Waals surface area contributed by atoms with Gasteiger partial charge in [0.1, 0.15) is 0 Å². The van der Waals surface area contributed by atoms with E-state index in [1.807, 2.05) is 19.1 Å². The van der Waals surface area contributed by atoms with Gasteiger partial charge in [0.25, 0.3) is 5.91 Å². The molecule has 30 heavy (non-hydrogen) atoms. The van der Waals surface area contributed by atoms with Gasteiger partial charge in [-0.2, -0.15) is 0 Å². The lowest BCUT2D eigenvalue weighted by Crippen LogP contribution is -2.31. The first-order valence-corrected chi connectivity index (χ1v) is 10.4. The van der Waals surface area contributed by atoms with Crippen LogP contribution in [0.25, 0.3) is 0 Å². The van der Waals surface area contributed by atoms with Crippen molar-refractivity contribution in [2.75, 3.05) is 42.7 Å². The van der Waals surface area contributed by atoms with Gasteiger partial charge in [0.05, 0.1) is 0 Å². The second-order valence-corrected chi connectivity index (χ2v) is 7.99. The first kappa shape index (κ1) is 21.9. The van der Waals surface area contributed by atoms with E-state index in [2.05, 4.69) is 46.7 Å². The van der Waals surface area contributed by atoms with Crippen LogP contribution in [0.4, 0.5) is 17.1 Å². The van der Waals surface area contributed by atoms with Gasteiger partial charge in [0.15, 0.2) is 6.23 Å². The van der Waals surface area contributed by atoms with Crippen LogP contribution in [0.3, 0.4) is 0 Å². The number of carbonyl (C=O) groups excluding carboxylic acids is 1. The summed E-state index contributed by atoms with van der Waals surface area (Å²) in [7, 11) is 4.26. The zero-order chi connectivity index (χ0) is 21.7. The molecule has 0 radical (unpaired) electrons. The van der Waals surface area contributed by atoms with E-state index in [0.29, 0.717) is 17.3 Å². The van der Waals surface area contributed by atoms with Crippen LogP contribution in [0.5, 0.6) is 0 Å². The Hall–Kier alpha value is -2.83. The van der Waals surface area contributed by atoms with Gasteiger partial charge in [0, 0.05) is 47.3 Å². The zero-order valence-corrected chi connectivity index (χ0v) is 18.2. The molecule has 6 nitrogen and oxygen atoms in total. The number of hydrogen-bond acceptors (Lipinski definition) is 5. The molecule has 0 saturated carbocycles. The highest BCUT2D eigenvalue weighted by atomic mass is 16.3. The van der Waals surface area contributed by atoms with Crippen molar-refractivity contribution in [3.63, 3.8) is 0 Å². The molecule has 1 amide bonds. The molecular weight excluding hydrogens is 376 g/mol. The minimum Gasteiger partial charge on any atom is -0.370 e. The van der Waals surface area contributed by atoms with Crippen LogP contribution in [0, 0.1) is 0 Å². The van der Waals surface area contributed by atoms with Gasteiger partial charge >= 0.3 is 0 Å². The van der Waals surface area contributed by atoms with Crippen molar-refractivity contribution in [3.8, 4) is 0 Å². The van der Waals surface area contributed by atoms with Crippen molar-refractivity contribution in [2.24, 2.45) is 0 Å². The molecule has 2 unspecified atom stereocenters. The summed E-state index contributed by atoms with van der Waals surface area (Å²) in [4.78, 5) is 16.6. The SMILES string of the molecule is C/C=C(\C)C(=O)Nc1ccc(C(O)Nc2ccc(N3CCC(N(C)C)C3)cc2)cc1. The van der Waals surface area contributed by atoms with Crippen molar-refractivity contribution in [1.29, 1.82) is 0 Å². The monoisotopic (exact) mass is 408 g/mol. The van der Waals surface area contributed by atoms with Gasteiger partial charge in [0.2, 0.25) is 0 Å². The lowest BCUT2D eigenvalue weighted by Gasteiger charge is -2.22. The average molecular weight is 409 g/mol. The highest BCUT2D eigenvalue weighted by Crippen LogP contribution is 2.25. The van der Waals surface area contributed by atoms with E-state index in [9.17, 15) is 9.90 Å². The Labute approximate surface area is 179 Å². The number of nitrogens with one attached hydrogen (secondary N) is 2. The zero-order valence-electron chi connectivity index (χ0n) is 18.2. The van der Waals surface area contributed by atoms with Crippen LogP contribution in [0.1, 0.15) is 32.1 Å². The maximum absolute atomic E-state index is 11.9. The third kappa shape index (κ3) is 5.40. The lowest BCUT2D eigenvalue weighted by atomic mass is 10.1. The molecule has 1 saturated heterocycles. The van der Waals surface area contributed by atoms with Crippen molar-refractivity contribution in [2.45, 2.75) is 32.5 Å². The standard InChI is InChI=1S/C24H32N4O2/c1-5-17(2)23(29)25-19-8-6-18(7-9-19)24(30)26-20-10-12-21(13-11-20)28-15-14-22(16-28)27(3)4/h5-13,22,24,26,30H,14-16H2,1-4H3,(H,25,29)/b17-5+. The van der Waals surface area contributed by atoms with Gasteiger partial charge in [-0.1, -0.05) is 18.2 Å². The summed E-state index contributed by atoms with van der Waals surface area (Å²) in [5.41, 5.74) is 4.15. The second kappa shape index (κ2) is 9.78. The van der Waals surface area contributed by atoms with Gasteiger partial charge in [-0.05, 0) is 70.8 Å². The van der Waals surface area contributed by atoms with E-state index in [0.717, 1.165) is 24.3 Å². The maximum atomic E-state index is 11.9. The molecule has 0 bridgehead atoms. The van der Waals surface area contributed by atoms with Crippen molar-refractivity contribution < 1.29 is 9.90 Å². The minimum absolute atomic E-state index is 0.126. The second-order valence-electron chi connectivity index (χ2n) is 7.99. The number of anilines is 3. The molecule has 0 aromatic heterocycles. The fourth-order valence-electron chi connectivity index (χ4n) is 3.52. The average Bonchev–Trinajstić information content (AvgIpc) is 3.25. The minimum atomic E-state index is -0.831. The highest BCUT2D eigenvalue weighted by molar-refractivity contribution is 6.03. The van der Waals surface area contributed by atoms with Crippen LogP contribution >= 0.6 is 0 Å². The molecule has 0 spiro atoms. The molecule has 3 rings (SSSR count). The summed E-state index contributed by atoms with van der Waals surface area (Å²) in [6, 6.07) is 16.0. The smallest absolute Gasteiger partial charge is 0.250 e. The predicted molar refractivity (Wildman–Crippen MR) is 124 cm³/mol. The number of aliphatic hydroxyl groups excluding tert-OH is 1. The summed E-state index contributed by atoms with van der Waals surface area (Å²) in [6.07, 6.45) is 2.12.